The Morgan fingerprint density at radius 1 is 1.08 bits per heavy atom. The Bertz CT molecular complexity index is 1870. The molecular weight excluding hydrogens is 761 g/mol. The third kappa shape index (κ3) is 7.08. The zero-order chi connectivity index (χ0) is 43.1. The summed E-state index contributed by atoms with van der Waals surface area (Å²) < 4.78 is 5.63. The maximum atomic E-state index is 14.5. The number of ketones is 2. The van der Waals surface area contributed by atoms with Crippen LogP contribution in [-0.2, 0) is 19.1 Å². The van der Waals surface area contributed by atoms with Crippen molar-refractivity contribution in [3.05, 3.63) is 46.9 Å². The molecule has 11 heteroatoms. The first-order valence-corrected chi connectivity index (χ1v) is 23.3. The number of fused-ring (bicyclic) bond motifs is 6. The van der Waals surface area contributed by atoms with Gasteiger partial charge in [0.25, 0.3) is 0 Å². The number of aliphatic hydroxyl groups excluding tert-OH is 3. The van der Waals surface area contributed by atoms with Gasteiger partial charge in [0.1, 0.15) is 5.78 Å². The van der Waals surface area contributed by atoms with Crippen molar-refractivity contribution >= 4 is 17.5 Å². The molecule has 60 heavy (non-hydrogen) atoms. The molecule has 4 saturated carbocycles. The number of hydrogen-bond donors (Lipinski definition) is 7. The van der Waals surface area contributed by atoms with Crippen LogP contribution in [0.15, 0.2) is 41.4 Å². The van der Waals surface area contributed by atoms with Gasteiger partial charge in [-0.25, -0.2) is 0 Å². The molecule has 0 radical (unpaired) electrons. The summed E-state index contributed by atoms with van der Waals surface area (Å²) in [6.45, 7) is 12.1. The average Bonchev–Trinajstić information content (AvgIpc) is 3.92. The van der Waals surface area contributed by atoms with Crippen molar-refractivity contribution in [1.29, 1.82) is 0 Å². The average molecular weight is 833 g/mol. The minimum Gasteiger partial charge on any atom is -0.465 e. The Kier molecular flexibility index (Phi) is 11.7. The maximum Gasteiger partial charge on any atom is 0.313 e. The number of H-pyrrole nitrogens is 1. The number of hydrogen-bond acceptors (Lipinski definition) is 10. The number of rotatable bonds is 12. The number of ether oxygens (including phenoxy) is 1. The van der Waals surface area contributed by atoms with Gasteiger partial charge in [-0.1, -0.05) is 39.3 Å². The molecule has 0 aromatic carbocycles. The number of nitrogens with one attached hydrogen (secondary N) is 2. The molecule has 7 aliphatic rings. The maximum absolute atomic E-state index is 14.5. The summed E-state index contributed by atoms with van der Waals surface area (Å²) in [5.74, 6) is -0.175. The first-order chi connectivity index (χ1) is 28.3. The van der Waals surface area contributed by atoms with E-state index in [2.05, 4.69) is 30.2 Å². The zero-order valence-electron chi connectivity index (χ0n) is 36.8. The first-order valence-electron chi connectivity index (χ1n) is 23.3. The highest BCUT2D eigenvalue weighted by Crippen LogP contribution is 2.69. The van der Waals surface area contributed by atoms with Gasteiger partial charge in [-0.15, -0.1) is 0 Å². The van der Waals surface area contributed by atoms with Crippen LogP contribution in [0.1, 0.15) is 136 Å². The number of carbonyl (C=O) groups excluding carboxylic acids is 3. The molecule has 17 atom stereocenters. The lowest BCUT2D eigenvalue weighted by atomic mass is 9.45. The van der Waals surface area contributed by atoms with E-state index >= 15 is 0 Å². The quantitative estimate of drug-likeness (QED) is 0.0987. The standard InChI is InChI=1S/C49H72N2O9/c1-26-7-8-29-9-11-32(33(34(29)19-26)12-10-31-25-60-45(57)41(31)30-15-18-50-24-30)27(2)20-40(55)48(6,58)39-14-17-49(59)42-35(13-16-47(39,49)5)46(4)22-38(54)37(53)21-36(46)44(56)43(42)51-23-28(3)52/h9,15,18,24,26-27,31-41,50-51,53-55,58-59H,7-8,10-14,16-17,19-23,25H2,1-6H3/t26-,27-,31+,32+,33+,34+,35+,36+,37-,38+,39+,40-,41-,46-,47-,48-,49-/m1/s1. The van der Waals surface area contributed by atoms with Crippen LogP contribution in [0.25, 0.3) is 0 Å². The van der Waals surface area contributed by atoms with Crippen LogP contribution in [0.5, 0.6) is 0 Å². The van der Waals surface area contributed by atoms with E-state index in [0.29, 0.717) is 55.6 Å². The molecule has 7 N–H and O–H groups in total. The highest BCUT2D eigenvalue weighted by molar-refractivity contribution is 6.00. The monoisotopic (exact) mass is 833 g/mol. The van der Waals surface area contributed by atoms with E-state index in [1.165, 1.54) is 13.3 Å². The molecule has 1 saturated heterocycles. The van der Waals surface area contributed by atoms with Crippen LogP contribution in [0.3, 0.4) is 0 Å². The molecule has 8 rings (SSSR count). The summed E-state index contributed by atoms with van der Waals surface area (Å²) in [5, 5.41) is 62.9. The van der Waals surface area contributed by atoms with Gasteiger partial charge in [0.2, 0.25) is 0 Å². The smallest absolute Gasteiger partial charge is 0.313 e. The fraction of sp³-hybridized carbons (Fsp3) is 0.776. The van der Waals surface area contributed by atoms with E-state index in [4.69, 9.17) is 4.74 Å². The van der Waals surface area contributed by atoms with E-state index < -0.39 is 52.2 Å². The van der Waals surface area contributed by atoms with Gasteiger partial charge in [0.15, 0.2) is 5.78 Å². The summed E-state index contributed by atoms with van der Waals surface area (Å²) in [5.41, 5.74) is -1.28. The van der Waals surface area contributed by atoms with E-state index in [1.54, 1.807) is 12.5 Å². The number of Topliss-reactive ketones (excluding diaryl/α,β-unsaturated/α-hetero) is 2. The second-order valence-corrected chi connectivity index (χ2v) is 21.7. The van der Waals surface area contributed by atoms with Crippen molar-refractivity contribution in [1.82, 2.24) is 10.3 Å². The van der Waals surface area contributed by atoms with Crippen LogP contribution in [0, 0.1) is 64.1 Å². The van der Waals surface area contributed by atoms with E-state index in [0.717, 1.165) is 37.7 Å². The number of esters is 1. The van der Waals surface area contributed by atoms with Gasteiger partial charge >= 0.3 is 5.97 Å². The lowest BCUT2D eigenvalue weighted by molar-refractivity contribution is -0.179. The highest BCUT2D eigenvalue weighted by atomic mass is 16.5. The number of aromatic amines is 1. The minimum atomic E-state index is -1.56. The minimum absolute atomic E-state index is 0.0743. The Morgan fingerprint density at radius 2 is 1.85 bits per heavy atom. The molecule has 0 bridgehead atoms. The summed E-state index contributed by atoms with van der Waals surface area (Å²) >= 11 is 0. The van der Waals surface area contributed by atoms with Gasteiger partial charge in [-0.05, 0) is 161 Å². The second kappa shape index (κ2) is 16.1. The van der Waals surface area contributed by atoms with Gasteiger partial charge in [-0.3, -0.25) is 14.4 Å². The predicted molar refractivity (Wildman–Crippen MR) is 226 cm³/mol. The number of carbonyl (C=O) groups is 3. The lowest BCUT2D eigenvalue weighted by Gasteiger charge is -2.61. The van der Waals surface area contributed by atoms with Crippen molar-refractivity contribution in [2.75, 3.05) is 13.2 Å². The van der Waals surface area contributed by atoms with Gasteiger partial charge in [0, 0.05) is 29.6 Å². The molecule has 2 heterocycles. The molecule has 0 spiro atoms. The molecule has 0 unspecified atom stereocenters. The predicted octanol–water partition coefficient (Wildman–Crippen LogP) is 5.90. The zero-order valence-corrected chi connectivity index (χ0v) is 36.8. The van der Waals surface area contributed by atoms with Crippen LogP contribution in [0.2, 0.25) is 0 Å². The molecule has 1 aromatic heterocycles. The van der Waals surface area contributed by atoms with Crippen molar-refractivity contribution in [2.24, 2.45) is 64.1 Å². The lowest BCUT2D eigenvalue weighted by Crippen LogP contribution is -2.64. The van der Waals surface area contributed by atoms with Crippen LogP contribution in [-0.4, -0.2) is 90.7 Å². The summed E-state index contributed by atoms with van der Waals surface area (Å²) in [6.07, 6.45) is 12.0. The SMILES string of the molecule is CC(=O)CNC1=C2[C@H](CC[C@]3(C)[C@@H]([C@@](C)(O)[C@H](O)C[C@@H](C)[C@@H]4CC=C5CC[C@@H](C)C[C@@H]5[C@H]4CC[C@H]4COC(=O)[C@@H]4c4cc[nH]c4)CC[C@@]23O)[C@@]2(C)C[C@H](O)[C@H](O)C[C@H]2C1=O. The van der Waals surface area contributed by atoms with Crippen molar-refractivity contribution < 1.29 is 44.7 Å². The molecule has 332 valence electrons. The van der Waals surface area contributed by atoms with Crippen LogP contribution < -0.4 is 5.32 Å². The van der Waals surface area contributed by atoms with Crippen LogP contribution >= 0.6 is 0 Å². The molecule has 6 aliphatic carbocycles. The first kappa shape index (κ1) is 43.8. The van der Waals surface area contributed by atoms with E-state index in [9.17, 15) is 39.9 Å². The van der Waals surface area contributed by atoms with Crippen molar-refractivity contribution in [2.45, 2.75) is 160 Å². The number of cyclic esters (lactones) is 1. The number of aliphatic hydroxyl groups is 5. The summed E-state index contributed by atoms with van der Waals surface area (Å²) in [4.78, 5) is 42.8. The Balaban J connectivity index is 1.04. The summed E-state index contributed by atoms with van der Waals surface area (Å²) in [7, 11) is 0. The molecule has 11 nitrogen and oxygen atoms in total. The fourth-order valence-electron chi connectivity index (χ4n) is 14.8. The Morgan fingerprint density at radius 3 is 2.57 bits per heavy atom. The molecule has 1 aromatic rings. The fourth-order valence-corrected chi connectivity index (χ4v) is 14.8. The molecule has 1 aliphatic heterocycles. The van der Waals surface area contributed by atoms with Gasteiger partial charge in [-0.2, -0.15) is 0 Å². The van der Waals surface area contributed by atoms with Gasteiger partial charge < -0.3 is 40.6 Å². The van der Waals surface area contributed by atoms with Crippen molar-refractivity contribution in [3.63, 3.8) is 0 Å². The largest absolute Gasteiger partial charge is 0.465 e. The normalized spacial score (nSPS) is 43.5. The second-order valence-electron chi connectivity index (χ2n) is 21.7. The Hall–Kier alpha value is -2.83. The van der Waals surface area contributed by atoms with E-state index in [1.807, 2.05) is 32.3 Å². The van der Waals surface area contributed by atoms with Crippen LogP contribution in [0.4, 0.5) is 0 Å². The topological polar surface area (TPSA) is 189 Å². The van der Waals surface area contributed by atoms with E-state index in [-0.39, 0.29) is 78.6 Å². The molecule has 5 fully saturated rings. The third-order valence-electron chi connectivity index (χ3n) is 18.3. The van der Waals surface area contributed by atoms with Crippen molar-refractivity contribution in [3.8, 4) is 0 Å². The summed E-state index contributed by atoms with van der Waals surface area (Å²) in [6, 6.07) is 1.98. The number of allylic oxidation sites excluding steroid dienone is 3. The van der Waals surface area contributed by atoms with Gasteiger partial charge in [0.05, 0.1) is 54.3 Å². The Labute approximate surface area is 356 Å². The number of aromatic nitrogens is 1. The molecular formula is C49H72N2O9. The third-order valence-corrected chi connectivity index (χ3v) is 18.3. The molecule has 0 amide bonds. The highest BCUT2D eigenvalue weighted by Gasteiger charge is 2.70.